The summed E-state index contributed by atoms with van der Waals surface area (Å²) in [5.41, 5.74) is 0.424. The molecule has 1 aliphatic heterocycles. The zero-order valence-electron chi connectivity index (χ0n) is 13.5. The third-order valence-electron chi connectivity index (χ3n) is 3.54. The number of pyridine rings is 1. The maximum atomic E-state index is 12.1. The van der Waals surface area contributed by atoms with Crippen molar-refractivity contribution < 1.29 is 14.3 Å². The van der Waals surface area contributed by atoms with Gasteiger partial charge in [-0.15, -0.1) is 0 Å². The van der Waals surface area contributed by atoms with E-state index in [9.17, 15) is 4.79 Å². The fourth-order valence-electron chi connectivity index (χ4n) is 2.56. The summed E-state index contributed by atoms with van der Waals surface area (Å²) in [6.07, 6.45) is 5.88. The number of hydrogen-bond acceptors (Lipinski definition) is 4. The first kappa shape index (κ1) is 16.1. The van der Waals surface area contributed by atoms with Crippen molar-refractivity contribution in [1.82, 2.24) is 14.3 Å². The molecule has 1 atom stereocenters. The van der Waals surface area contributed by atoms with Gasteiger partial charge in [0.25, 0.3) is 0 Å². The van der Waals surface area contributed by atoms with E-state index < -0.39 is 5.60 Å². The zero-order valence-corrected chi connectivity index (χ0v) is 15.0. The molecule has 0 bridgehead atoms. The number of carbonyl (C=O) groups is 1. The molecule has 0 aromatic carbocycles. The molecule has 1 saturated heterocycles. The van der Waals surface area contributed by atoms with Gasteiger partial charge in [0.1, 0.15) is 23.0 Å². The van der Waals surface area contributed by atoms with Crippen LogP contribution in [0.4, 0.5) is 4.79 Å². The summed E-state index contributed by atoms with van der Waals surface area (Å²) in [7, 11) is 0. The van der Waals surface area contributed by atoms with E-state index in [0.29, 0.717) is 13.1 Å². The Kier molecular flexibility index (Phi) is 4.23. The second-order valence-electron chi connectivity index (χ2n) is 6.66. The topological polar surface area (TPSA) is 56.1 Å². The number of halogens is 1. The summed E-state index contributed by atoms with van der Waals surface area (Å²) in [6.45, 7) is 6.78. The highest BCUT2D eigenvalue weighted by Crippen LogP contribution is 2.27. The van der Waals surface area contributed by atoms with Crippen LogP contribution in [0.1, 0.15) is 27.2 Å². The van der Waals surface area contributed by atoms with Crippen molar-refractivity contribution in [2.24, 2.45) is 0 Å². The molecule has 0 aliphatic carbocycles. The Morgan fingerprint density at radius 1 is 1.43 bits per heavy atom. The van der Waals surface area contributed by atoms with Crippen LogP contribution in [0.3, 0.4) is 0 Å². The van der Waals surface area contributed by atoms with E-state index in [2.05, 4.69) is 20.9 Å². The number of carbonyl (C=O) groups excluding carboxylic acids is 1. The molecule has 1 fully saturated rings. The number of amides is 1. The summed E-state index contributed by atoms with van der Waals surface area (Å²) in [5.74, 6) is 0.757. The van der Waals surface area contributed by atoms with Gasteiger partial charge in [0, 0.05) is 23.6 Å². The monoisotopic (exact) mass is 381 g/mol. The number of rotatable bonds is 2. The minimum absolute atomic E-state index is 0.0458. The molecule has 2 aromatic heterocycles. The van der Waals surface area contributed by atoms with Gasteiger partial charge in [-0.2, -0.15) is 0 Å². The lowest BCUT2D eigenvalue weighted by molar-refractivity contribution is 0.0276. The molecule has 3 heterocycles. The Hall–Kier alpha value is -1.76. The molecule has 0 saturated carbocycles. The fourth-order valence-corrected chi connectivity index (χ4v) is 2.99. The second kappa shape index (κ2) is 6.03. The normalized spacial score (nSPS) is 18.4. The predicted octanol–water partition coefficient (Wildman–Crippen LogP) is 3.49. The highest BCUT2D eigenvalue weighted by atomic mass is 79.9. The molecule has 6 nitrogen and oxygen atoms in total. The van der Waals surface area contributed by atoms with Gasteiger partial charge in [0.15, 0.2) is 0 Å². The molecule has 3 rings (SSSR count). The molecule has 1 aliphatic rings. The van der Waals surface area contributed by atoms with Gasteiger partial charge < -0.3 is 18.8 Å². The van der Waals surface area contributed by atoms with Crippen molar-refractivity contribution in [1.29, 1.82) is 0 Å². The quantitative estimate of drug-likeness (QED) is 0.798. The van der Waals surface area contributed by atoms with Crippen LogP contribution >= 0.6 is 15.9 Å². The Morgan fingerprint density at radius 3 is 2.96 bits per heavy atom. The van der Waals surface area contributed by atoms with E-state index in [1.54, 1.807) is 17.4 Å². The van der Waals surface area contributed by atoms with Crippen LogP contribution in [0.5, 0.6) is 5.75 Å². The van der Waals surface area contributed by atoms with E-state index in [1.165, 1.54) is 0 Å². The Morgan fingerprint density at radius 2 is 2.22 bits per heavy atom. The zero-order chi connectivity index (χ0) is 16.6. The fraction of sp³-hybridized carbons (Fsp3) is 0.500. The second-order valence-corrected chi connectivity index (χ2v) is 7.58. The molecule has 124 valence electrons. The SMILES string of the molecule is CC(C)(C)OC(=O)N1CCC(Oc2cc(Br)cn3cncc23)C1. The van der Waals surface area contributed by atoms with Crippen molar-refractivity contribution >= 4 is 27.5 Å². The van der Waals surface area contributed by atoms with Gasteiger partial charge in [-0.25, -0.2) is 9.78 Å². The summed E-state index contributed by atoms with van der Waals surface area (Å²) in [5, 5.41) is 0. The highest BCUT2D eigenvalue weighted by molar-refractivity contribution is 9.10. The standard InChI is InChI=1S/C16H20BrN3O3/c1-16(2,3)23-15(21)19-5-4-12(9-19)22-14-6-11(17)8-20-10-18-7-13(14)20/h6-8,10,12H,4-5,9H2,1-3H3. The number of likely N-dealkylation sites (tertiary alicyclic amines) is 1. The molecule has 2 aromatic rings. The van der Waals surface area contributed by atoms with Crippen LogP contribution in [0.2, 0.25) is 0 Å². The molecule has 23 heavy (non-hydrogen) atoms. The average molecular weight is 382 g/mol. The van der Waals surface area contributed by atoms with E-state index >= 15 is 0 Å². The molecule has 0 N–H and O–H groups in total. The minimum atomic E-state index is -0.482. The predicted molar refractivity (Wildman–Crippen MR) is 89.7 cm³/mol. The lowest BCUT2D eigenvalue weighted by Crippen LogP contribution is -2.36. The van der Waals surface area contributed by atoms with Crippen LogP contribution < -0.4 is 4.74 Å². The Labute approximate surface area is 143 Å². The van der Waals surface area contributed by atoms with Crippen LogP contribution in [0.25, 0.3) is 5.52 Å². The summed E-state index contributed by atoms with van der Waals surface area (Å²) in [6, 6.07) is 1.92. The van der Waals surface area contributed by atoms with E-state index in [1.807, 2.05) is 37.4 Å². The molecular weight excluding hydrogens is 362 g/mol. The molecule has 0 radical (unpaired) electrons. The minimum Gasteiger partial charge on any atom is -0.486 e. The molecule has 1 amide bonds. The number of fused-ring (bicyclic) bond motifs is 1. The number of hydrogen-bond donors (Lipinski definition) is 0. The van der Waals surface area contributed by atoms with Crippen molar-refractivity contribution in [3.05, 3.63) is 29.3 Å². The van der Waals surface area contributed by atoms with Crippen molar-refractivity contribution in [2.75, 3.05) is 13.1 Å². The number of imidazole rings is 1. The van der Waals surface area contributed by atoms with E-state index in [4.69, 9.17) is 9.47 Å². The molecule has 0 spiro atoms. The van der Waals surface area contributed by atoms with Gasteiger partial charge in [-0.1, -0.05) is 0 Å². The molecule has 1 unspecified atom stereocenters. The maximum Gasteiger partial charge on any atom is 0.410 e. The smallest absolute Gasteiger partial charge is 0.410 e. The summed E-state index contributed by atoms with van der Waals surface area (Å²) < 4.78 is 14.3. The third-order valence-corrected chi connectivity index (χ3v) is 3.97. The van der Waals surface area contributed by atoms with Gasteiger partial charge in [0.2, 0.25) is 0 Å². The van der Waals surface area contributed by atoms with Crippen LogP contribution in [-0.4, -0.2) is 45.2 Å². The average Bonchev–Trinajstić information content (AvgIpc) is 3.05. The van der Waals surface area contributed by atoms with Gasteiger partial charge in [-0.3, -0.25) is 0 Å². The van der Waals surface area contributed by atoms with Gasteiger partial charge in [-0.05, 0) is 42.8 Å². The van der Waals surface area contributed by atoms with Crippen molar-refractivity contribution in [3.8, 4) is 5.75 Å². The third kappa shape index (κ3) is 3.77. The Balaban J connectivity index is 1.68. The van der Waals surface area contributed by atoms with Crippen LogP contribution in [-0.2, 0) is 4.74 Å². The number of aromatic nitrogens is 2. The summed E-state index contributed by atoms with van der Waals surface area (Å²) in [4.78, 5) is 17.9. The largest absolute Gasteiger partial charge is 0.486 e. The van der Waals surface area contributed by atoms with Crippen LogP contribution in [0.15, 0.2) is 29.3 Å². The number of nitrogens with zero attached hydrogens (tertiary/aromatic N) is 3. The van der Waals surface area contributed by atoms with Gasteiger partial charge >= 0.3 is 6.09 Å². The molecular formula is C16H20BrN3O3. The first-order valence-corrected chi connectivity index (χ1v) is 8.37. The first-order valence-electron chi connectivity index (χ1n) is 7.57. The highest BCUT2D eigenvalue weighted by Gasteiger charge is 2.31. The van der Waals surface area contributed by atoms with Gasteiger partial charge in [0.05, 0.1) is 19.1 Å². The molecule has 7 heteroatoms. The lowest BCUT2D eigenvalue weighted by atomic mass is 10.2. The maximum absolute atomic E-state index is 12.1. The van der Waals surface area contributed by atoms with Crippen LogP contribution in [0, 0.1) is 0 Å². The van der Waals surface area contributed by atoms with E-state index in [-0.39, 0.29) is 12.2 Å². The van der Waals surface area contributed by atoms with Crippen molar-refractivity contribution in [2.45, 2.75) is 38.9 Å². The first-order chi connectivity index (χ1) is 10.8. The number of ether oxygens (including phenoxy) is 2. The lowest BCUT2D eigenvalue weighted by Gasteiger charge is -2.24. The summed E-state index contributed by atoms with van der Waals surface area (Å²) >= 11 is 3.47. The van der Waals surface area contributed by atoms with Crippen molar-refractivity contribution in [3.63, 3.8) is 0 Å². The van der Waals surface area contributed by atoms with E-state index in [0.717, 1.165) is 22.2 Å². The Bertz CT molecular complexity index is 723.